The van der Waals surface area contributed by atoms with Gasteiger partial charge in [0.1, 0.15) is 13.2 Å². The van der Waals surface area contributed by atoms with Crippen LogP contribution < -0.4 is 10.2 Å². The molecule has 3 atom stereocenters. The van der Waals surface area contributed by atoms with Gasteiger partial charge in [-0.25, -0.2) is 0 Å². The van der Waals surface area contributed by atoms with Crippen LogP contribution in [0.4, 0.5) is 0 Å². The number of hydrogen-bond donors (Lipinski definition) is 2. The van der Waals surface area contributed by atoms with Crippen LogP contribution in [0.5, 0.6) is 0 Å². The number of rotatable bonds is 61. The third-order valence-corrected chi connectivity index (χ3v) is 16.1. The molecule has 0 aromatic rings. The van der Waals surface area contributed by atoms with E-state index in [1.54, 1.807) is 0 Å². The highest BCUT2D eigenvalue weighted by Gasteiger charge is 2.24. The van der Waals surface area contributed by atoms with Crippen LogP contribution in [0.3, 0.4) is 0 Å². The molecule has 9 heteroatoms. The van der Waals surface area contributed by atoms with Crippen molar-refractivity contribution in [1.29, 1.82) is 0 Å². The largest absolute Gasteiger partial charge is 0.756 e. The number of aliphatic hydroxyl groups excluding tert-OH is 1. The van der Waals surface area contributed by atoms with Crippen LogP contribution in [-0.2, 0) is 18.4 Å². The Labute approximate surface area is 467 Å². The maximum atomic E-state index is 13.0. The van der Waals surface area contributed by atoms with Gasteiger partial charge in [-0.1, -0.05) is 307 Å². The molecule has 444 valence electrons. The van der Waals surface area contributed by atoms with Crippen molar-refractivity contribution < 1.29 is 32.9 Å². The third kappa shape index (κ3) is 60.2. The Kier molecular flexibility index (Phi) is 56.4. The molecule has 0 aliphatic carbocycles. The molecule has 0 heterocycles. The molecule has 0 saturated heterocycles. The highest BCUT2D eigenvalue weighted by Crippen LogP contribution is 2.38. The maximum Gasteiger partial charge on any atom is 0.268 e. The van der Waals surface area contributed by atoms with Crippen molar-refractivity contribution in [3.8, 4) is 0 Å². The summed E-state index contributed by atoms with van der Waals surface area (Å²) < 4.78 is 23.5. The topological polar surface area (TPSA) is 108 Å². The summed E-state index contributed by atoms with van der Waals surface area (Å²) in [6, 6.07) is -0.802. The number of carbonyl (C=O) groups is 1. The van der Waals surface area contributed by atoms with E-state index < -0.39 is 20.0 Å². The minimum atomic E-state index is -4.58. The fourth-order valence-electron chi connectivity index (χ4n) is 9.99. The smallest absolute Gasteiger partial charge is 0.268 e. The Morgan fingerprint density at radius 3 is 1.12 bits per heavy atom. The molecule has 2 N–H and O–H groups in total. The van der Waals surface area contributed by atoms with Crippen molar-refractivity contribution >= 4 is 13.7 Å². The van der Waals surface area contributed by atoms with Gasteiger partial charge in [0.25, 0.3) is 7.82 Å². The standard InChI is InChI=1S/C66H129N2O6P/c1-6-8-10-12-14-16-18-20-22-24-26-28-30-32-33-34-35-36-38-40-42-44-46-48-50-52-54-56-58-60-66(70)67-64(63-74-75(71,72)73-62-61-68(3,4)5)65(69)59-57-55-53-51-49-47-45-43-41-39-37-31-29-27-25-23-21-19-17-15-13-11-9-7-2/h18,20,24,26,30,32,64-65,69H,6-17,19,21-23,25,27-29,31,33-63H2,1-5H3,(H-,67,70,71,72)/b20-18-,26-24-,32-30-. The molecule has 75 heavy (non-hydrogen) atoms. The Bertz CT molecular complexity index is 1320. The summed E-state index contributed by atoms with van der Waals surface area (Å²) >= 11 is 0. The molecule has 0 aliphatic heterocycles. The zero-order valence-electron chi connectivity index (χ0n) is 50.8. The Hall–Kier alpha value is -1.28. The predicted molar refractivity (Wildman–Crippen MR) is 325 cm³/mol. The first-order chi connectivity index (χ1) is 36.5. The molecule has 0 radical (unpaired) electrons. The van der Waals surface area contributed by atoms with Crippen LogP contribution in [0.25, 0.3) is 0 Å². The third-order valence-electron chi connectivity index (χ3n) is 15.1. The zero-order chi connectivity index (χ0) is 54.9. The van der Waals surface area contributed by atoms with E-state index in [2.05, 4.69) is 55.6 Å². The Balaban J connectivity index is 4.07. The van der Waals surface area contributed by atoms with Crippen molar-refractivity contribution in [3.63, 3.8) is 0 Å². The number of amides is 1. The van der Waals surface area contributed by atoms with E-state index in [0.717, 1.165) is 51.4 Å². The molecule has 0 rings (SSSR count). The SMILES string of the molecule is CCCCCCC/C=C\C/C=C\C/C=C\CCCCCCCCCCCCCCCCC(=O)NC(COP(=O)([O-])OCC[N+](C)(C)C)C(O)CCCCCCCCCCCCCCCCCCCCCCCCCC. The maximum absolute atomic E-state index is 13.0. The highest BCUT2D eigenvalue weighted by atomic mass is 31.2. The van der Waals surface area contributed by atoms with Gasteiger partial charge in [0.05, 0.1) is 39.9 Å². The minimum absolute atomic E-state index is 0.0131. The predicted octanol–water partition coefficient (Wildman–Crippen LogP) is 19.9. The fraction of sp³-hybridized carbons (Fsp3) is 0.894. The average molecular weight is 1080 g/mol. The first-order valence-electron chi connectivity index (χ1n) is 32.8. The molecule has 0 aliphatic rings. The summed E-state index contributed by atoms with van der Waals surface area (Å²) in [6.45, 7) is 4.76. The van der Waals surface area contributed by atoms with Gasteiger partial charge in [0.2, 0.25) is 5.91 Å². The molecule has 3 unspecified atom stereocenters. The summed E-state index contributed by atoms with van der Waals surface area (Å²) in [5.74, 6) is -0.161. The number of nitrogens with zero attached hydrogens (tertiary/aromatic N) is 1. The van der Waals surface area contributed by atoms with E-state index in [9.17, 15) is 19.4 Å². The normalized spacial score (nSPS) is 14.0. The van der Waals surface area contributed by atoms with Gasteiger partial charge in [-0.15, -0.1) is 0 Å². The molecular formula is C66H129N2O6P. The second-order valence-corrected chi connectivity index (χ2v) is 25.2. The van der Waals surface area contributed by atoms with Gasteiger partial charge in [0, 0.05) is 6.42 Å². The second-order valence-electron chi connectivity index (χ2n) is 23.8. The number of phosphoric ester groups is 1. The van der Waals surface area contributed by atoms with Crippen molar-refractivity contribution in [1.82, 2.24) is 5.32 Å². The lowest BCUT2D eigenvalue weighted by Gasteiger charge is -2.30. The van der Waals surface area contributed by atoms with E-state index in [4.69, 9.17) is 9.05 Å². The summed E-state index contributed by atoms with van der Waals surface area (Å²) in [6.07, 6.45) is 74.8. The monoisotopic (exact) mass is 1080 g/mol. The molecule has 0 spiro atoms. The molecule has 1 amide bonds. The van der Waals surface area contributed by atoms with Crippen LogP contribution in [0, 0.1) is 0 Å². The van der Waals surface area contributed by atoms with E-state index in [1.165, 1.54) is 250 Å². The van der Waals surface area contributed by atoms with Crippen LogP contribution in [0.15, 0.2) is 36.5 Å². The summed E-state index contributed by atoms with van der Waals surface area (Å²) in [4.78, 5) is 25.6. The molecule has 0 aromatic carbocycles. The molecule has 0 bridgehead atoms. The Morgan fingerprint density at radius 2 is 0.773 bits per heavy atom. The lowest BCUT2D eigenvalue weighted by Crippen LogP contribution is -2.46. The second kappa shape index (κ2) is 57.4. The molecule has 0 fully saturated rings. The molecule has 0 aromatic heterocycles. The van der Waals surface area contributed by atoms with Crippen molar-refractivity contribution in [2.45, 2.75) is 341 Å². The van der Waals surface area contributed by atoms with E-state index >= 15 is 0 Å². The van der Waals surface area contributed by atoms with Gasteiger partial charge in [-0.05, 0) is 51.4 Å². The van der Waals surface area contributed by atoms with Crippen LogP contribution >= 0.6 is 7.82 Å². The van der Waals surface area contributed by atoms with Gasteiger partial charge in [-0.2, -0.15) is 0 Å². The molecular weight excluding hydrogens is 948 g/mol. The quantitative estimate of drug-likeness (QED) is 0.0272. The van der Waals surface area contributed by atoms with Crippen LogP contribution in [0.2, 0.25) is 0 Å². The van der Waals surface area contributed by atoms with E-state index in [-0.39, 0.29) is 19.1 Å². The van der Waals surface area contributed by atoms with Crippen LogP contribution in [0.1, 0.15) is 328 Å². The van der Waals surface area contributed by atoms with E-state index in [1.807, 2.05) is 21.1 Å². The Morgan fingerprint density at radius 1 is 0.467 bits per heavy atom. The number of hydrogen-bond acceptors (Lipinski definition) is 6. The number of allylic oxidation sites excluding steroid dienone is 6. The highest BCUT2D eigenvalue weighted by molar-refractivity contribution is 7.45. The molecule has 8 nitrogen and oxygen atoms in total. The van der Waals surface area contributed by atoms with Gasteiger partial charge in [0.15, 0.2) is 0 Å². The zero-order valence-corrected chi connectivity index (χ0v) is 51.7. The van der Waals surface area contributed by atoms with Gasteiger partial charge < -0.3 is 28.8 Å². The lowest BCUT2D eigenvalue weighted by molar-refractivity contribution is -0.870. The number of quaternary nitrogens is 1. The van der Waals surface area contributed by atoms with Crippen LogP contribution in [-0.4, -0.2) is 68.5 Å². The summed E-state index contributed by atoms with van der Waals surface area (Å²) in [7, 11) is 1.32. The van der Waals surface area contributed by atoms with Gasteiger partial charge in [-0.3, -0.25) is 9.36 Å². The number of nitrogens with one attached hydrogen (secondary N) is 1. The lowest BCUT2D eigenvalue weighted by atomic mass is 10.0. The number of aliphatic hydroxyl groups is 1. The summed E-state index contributed by atoms with van der Waals surface area (Å²) in [5, 5.41) is 14.1. The van der Waals surface area contributed by atoms with Crippen molar-refractivity contribution in [3.05, 3.63) is 36.5 Å². The van der Waals surface area contributed by atoms with Gasteiger partial charge >= 0.3 is 0 Å². The average Bonchev–Trinajstić information content (AvgIpc) is 3.37. The minimum Gasteiger partial charge on any atom is -0.756 e. The number of unbranched alkanes of at least 4 members (excludes halogenated alkanes) is 42. The number of likely N-dealkylation sites (N-methyl/N-ethyl adjacent to an activating group) is 1. The number of phosphoric acid groups is 1. The first-order valence-corrected chi connectivity index (χ1v) is 34.3. The van der Waals surface area contributed by atoms with Crippen molar-refractivity contribution in [2.75, 3.05) is 40.9 Å². The first kappa shape index (κ1) is 73.7. The fourth-order valence-corrected chi connectivity index (χ4v) is 10.7. The molecule has 0 saturated carbocycles. The summed E-state index contributed by atoms with van der Waals surface area (Å²) in [5.41, 5.74) is 0. The van der Waals surface area contributed by atoms with Crippen molar-refractivity contribution in [2.24, 2.45) is 0 Å². The van der Waals surface area contributed by atoms with E-state index in [0.29, 0.717) is 23.9 Å². The number of carbonyl (C=O) groups excluding carboxylic acids is 1.